The van der Waals surface area contributed by atoms with E-state index < -0.39 is 0 Å². The quantitative estimate of drug-likeness (QED) is 0.746. The molecular weight excluding hydrogens is 319 g/mol. The maximum absolute atomic E-state index is 14.0. The van der Waals surface area contributed by atoms with E-state index in [4.69, 9.17) is 11.5 Å². The Morgan fingerprint density at radius 3 is 2.73 bits per heavy atom. The number of carbonyl (C=O) groups is 1. The van der Waals surface area contributed by atoms with Crippen LogP contribution in [0.1, 0.15) is 25.7 Å². The lowest BCUT2D eigenvalue weighted by atomic mass is 9.80. The average molecular weight is 343 g/mol. The lowest BCUT2D eigenvalue weighted by molar-refractivity contribution is -0.124. The van der Waals surface area contributed by atoms with Crippen molar-refractivity contribution in [2.45, 2.75) is 35.5 Å². The van der Waals surface area contributed by atoms with Crippen LogP contribution in [0.5, 0.6) is 0 Å². The molecule has 22 heavy (non-hydrogen) atoms. The Kier molecular flexibility index (Phi) is 7.05. The van der Waals surface area contributed by atoms with Crippen LogP contribution in [0.4, 0.5) is 4.39 Å². The molecule has 0 bridgehead atoms. The van der Waals surface area contributed by atoms with Crippen molar-refractivity contribution in [2.24, 2.45) is 23.3 Å². The van der Waals surface area contributed by atoms with Crippen molar-refractivity contribution in [1.29, 1.82) is 0 Å². The van der Waals surface area contributed by atoms with E-state index in [1.54, 1.807) is 17.8 Å². The topological polar surface area (TPSA) is 69.1 Å². The van der Waals surface area contributed by atoms with Gasteiger partial charge in [-0.3, -0.25) is 4.79 Å². The largest absolute Gasteiger partial charge is 0.369 e. The fourth-order valence-corrected chi connectivity index (χ4v) is 4.70. The number of benzene rings is 1. The number of primary amides is 1. The smallest absolute Gasteiger partial charge is 0.220 e. The summed E-state index contributed by atoms with van der Waals surface area (Å²) >= 11 is 3.05. The SMILES string of the molecule is NCCSc1ccc(SCC2CCCCC2C(N)=O)cc1F. The van der Waals surface area contributed by atoms with Gasteiger partial charge in [0.2, 0.25) is 5.91 Å². The fourth-order valence-electron chi connectivity index (χ4n) is 2.84. The summed E-state index contributed by atoms with van der Waals surface area (Å²) in [5.41, 5.74) is 10.9. The van der Waals surface area contributed by atoms with Gasteiger partial charge in [0.1, 0.15) is 5.82 Å². The van der Waals surface area contributed by atoms with Gasteiger partial charge in [-0.15, -0.1) is 23.5 Å². The summed E-state index contributed by atoms with van der Waals surface area (Å²) in [6.07, 6.45) is 4.16. The van der Waals surface area contributed by atoms with Crippen molar-refractivity contribution in [3.63, 3.8) is 0 Å². The van der Waals surface area contributed by atoms with Gasteiger partial charge in [0.25, 0.3) is 0 Å². The van der Waals surface area contributed by atoms with Crippen LogP contribution < -0.4 is 11.5 Å². The van der Waals surface area contributed by atoms with Gasteiger partial charge in [0.05, 0.1) is 0 Å². The molecule has 1 aromatic rings. The standard InChI is InChI=1S/C16H23FN2OS2/c17-14-9-12(5-6-15(14)21-8-7-18)22-10-11-3-1-2-4-13(11)16(19)20/h5-6,9,11,13H,1-4,7-8,10,18H2,(H2,19,20). The molecule has 1 aromatic carbocycles. The van der Waals surface area contributed by atoms with Gasteiger partial charge in [-0.25, -0.2) is 4.39 Å². The first-order valence-corrected chi connectivity index (χ1v) is 9.63. The predicted molar refractivity (Wildman–Crippen MR) is 91.5 cm³/mol. The third-order valence-corrected chi connectivity index (χ3v) is 6.28. The first-order valence-electron chi connectivity index (χ1n) is 7.66. The van der Waals surface area contributed by atoms with E-state index in [0.717, 1.165) is 36.3 Å². The molecule has 1 fully saturated rings. The third-order valence-electron chi connectivity index (χ3n) is 4.02. The zero-order valence-corrected chi connectivity index (χ0v) is 14.2. The highest BCUT2D eigenvalue weighted by Gasteiger charge is 2.29. The van der Waals surface area contributed by atoms with Gasteiger partial charge in [-0.05, 0) is 37.0 Å². The van der Waals surface area contributed by atoms with Gasteiger partial charge in [-0.2, -0.15) is 0 Å². The molecule has 3 nitrogen and oxygen atoms in total. The number of amides is 1. The molecule has 4 N–H and O–H groups in total. The van der Waals surface area contributed by atoms with E-state index in [-0.39, 0.29) is 17.6 Å². The van der Waals surface area contributed by atoms with Crippen LogP contribution in [0.2, 0.25) is 0 Å². The van der Waals surface area contributed by atoms with Crippen molar-refractivity contribution < 1.29 is 9.18 Å². The molecule has 1 amide bonds. The summed E-state index contributed by atoms with van der Waals surface area (Å²) in [6, 6.07) is 5.32. The second kappa shape index (κ2) is 8.79. The number of hydrogen-bond acceptors (Lipinski definition) is 4. The first-order chi connectivity index (χ1) is 10.6. The number of hydrogen-bond donors (Lipinski definition) is 2. The summed E-state index contributed by atoms with van der Waals surface area (Å²) in [5.74, 6) is 1.44. The average Bonchev–Trinajstić information content (AvgIpc) is 2.52. The molecule has 0 heterocycles. The molecule has 1 aliphatic rings. The van der Waals surface area contributed by atoms with Gasteiger partial charge in [-0.1, -0.05) is 12.8 Å². The predicted octanol–water partition coefficient (Wildman–Crippen LogP) is 3.26. The number of rotatable bonds is 7. The highest BCUT2D eigenvalue weighted by molar-refractivity contribution is 7.99. The number of carbonyl (C=O) groups excluding carboxylic acids is 1. The van der Waals surface area contributed by atoms with Crippen molar-refractivity contribution >= 4 is 29.4 Å². The summed E-state index contributed by atoms with van der Waals surface area (Å²) < 4.78 is 14.0. The van der Waals surface area contributed by atoms with Crippen molar-refractivity contribution in [2.75, 3.05) is 18.1 Å². The summed E-state index contributed by atoms with van der Waals surface area (Å²) in [6.45, 7) is 0.538. The zero-order valence-electron chi connectivity index (χ0n) is 12.6. The number of thioether (sulfide) groups is 2. The lowest BCUT2D eigenvalue weighted by Crippen LogP contribution is -2.33. The first kappa shape index (κ1) is 17.6. The second-order valence-corrected chi connectivity index (χ2v) is 7.82. The van der Waals surface area contributed by atoms with Gasteiger partial charge >= 0.3 is 0 Å². The molecule has 1 aliphatic carbocycles. The lowest BCUT2D eigenvalue weighted by Gasteiger charge is -2.28. The minimum absolute atomic E-state index is 0.0227. The van der Waals surface area contributed by atoms with Crippen LogP contribution in [0.3, 0.4) is 0 Å². The summed E-state index contributed by atoms with van der Waals surface area (Å²) in [4.78, 5) is 13.1. The van der Waals surface area contributed by atoms with Crippen LogP contribution in [0.15, 0.2) is 28.0 Å². The Hall–Kier alpha value is -0.720. The molecule has 0 aromatic heterocycles. The Morgan fingerprint density at radius 1 is 1.27 bits per heavy atom. The molecule has 2 unspecified atom stereocenters. The van der Waals surface area contributed by atoms with Gasteiger partial charge in [0, 0.05) is 33.8 Å². The van der Waals surface area contributed by atoms with Crippen LogP contribution in [-0.4, -0.2) is 24.0 Å². The maximum atomic E-state index is 14.0. The highest BCUT2D eigenvalue weighted by atomic mass is 32.2. The molecule has 6 heteroatoms. The molecule has 0 aliphatic heterocycles. The molecule has 2 rings (SSSR count). The molecule has 0 saturated heterocycles. The molecule has 1 saturated carbocycles. The Bertz CT molecular complexity index is 513. The van der Waals surface area contributed by atoms with Crippen molar-refractivity contribution in [3.8, 4) is 0 Å². The minimum atomic E-state index is -0.196. The fraction of sp³-hybridized carbons (Fsp3) is 0.562. The molecule has 2 atom stereocenters. The van der Waals surface area contributed by atoms with Crippen molar-refractivity contribution in [3.05, 3.63) is 24.0 Å². The molecular formula is C16H23FN2OS2. The highest BCUT2D eigenvalue weighted by Crippen LogP contribution is 2.35. The summed E-state index contributed by atoms with van der Waals surface area (Å²) in [7, 11) is 0. The minimum Gasteiger partial charge on any atom is -0.369 e. The maximum Gasteiger partial charge on any atom is 0.220 e. The van der Waals surface area contributed by atoms with E-state index >= 15 is 0 Å². The Morgan fingerprint density at radius 2 is 2.05 bits per heavy atom. The van der Waals surface area contributed by atoms with E-state index in [1.807, 2.05) is 12.1 Å². The van der Waals surface area contributed by atoms with E-state index in [2.05, 4.69) is 0 Å². The van der Waals surface area contributed by atoms with Gasteiger partial charge in [0.15, 0.2) is 0 Å². The molecule has 0 spiro atoms. The molecule has 122 valence electrons. The van der Waals surface area contributed by atoms with E-state index in [0.29, 0.717) is 23.1 Å². The number of nitrogens with two attached hydrogens (primary N) is 2. The summed E-state index contributed by atoms with van der Waals surface area (Å²) in [5, 5.41) is 0. The normalized spacial score (nSPS) is 21.7. The van der Waals surface area contributed by atoms with Crippen LogP contribution in [0, 0.1) is 17.7 Å². The third kappa shape index (κ3) is 4.89. The Labute approximate surface area is 139 Å². The van der Waals surface area contributed by atoms with Crippen LogP contribution >= 0.6 is 23.5 Å². The zero-order chi connectivity index (χ0) is 15.9. The van der Waals surface area contributed by atoms with E-state index in [1.165, 1.54) is 11.8 Å². The molecule has 0 radical (unpaired) electrons. The number of halogens is 1. The second-order valence-electron chi connectivity index (χ2n) is 5.59. The Balaban J connectivity index is 1.93. The van der Waals surface area contributed by atoms with Crippen LogP contribution in [-0.2, 0) is 4.79 Å². The monoisotopic (exact) mass is 342 g/mol. The van der Waals surface area contributed by atoms with E-state index in [9.17, 15) is 9.18 Å². The van der Waals surface area contributed by atoms with Crippen molar-refractivity contribution in [1.82, 2.24) is 0 Å². The van der Waals surface area contributed by atoms with Gasteiger partial charge < -0.3 is 11.5 Å². The van der Waals surface area contributed by atoms with Crippen LogP contribution in [0.25, 0.3) is 0 Å².